The first-order valence-electron chi connectivity index (χ1n) is 10.6. The van der Waals surface area contributed by atoms with E-state index in [4.69, 9.17) is 4.42 Å². The maximum Gasteiger partial charge on any atom is 0.354 e. The number of aromatic nitrogens is 1. The highest BCUT2D eigenvalue weighted by Gasteiger charge is 2.25. The van der Waals surface area contributed by atoms with Crippen LogP contribution < -0.4 is 11.2 Å². The Balaban J connectivity index is 1.87. The Morgan fingerprint density at radius 1 is 0.886 bits per heavy atom. The standard InChI is InChI=1S/C27H17F2NO4S/c1-15-22(16-7-3-2-4-8-16)30(19-11-5-9-17(28)13-19)26(32)21-23(31)25(27(33)34-24(15)21)35-20-12-6-10-18(29)14-20/h2-14,31H,1H3. The van der Waals surface area contributed by atoms with Crippen LogP contribution in [0.3, 0.4) is 0 Å². The van der Waals surface area contributed by atoms with Gasteiger partial charge in [0.1, 0.15) is 21.9 Å². The van der Waals surface area contributed by atoms with Gasteiger partial charge in [-0.2, -0.15) is 0 Å². The Bertz CT molecular complexity index is 1710. The molecule has 0 amide bonds. The van der Waals surface area contributed by atoms with Crippen LogP contribution in [0.25, 0.3) is 27.9 Å². The molecule has 0 unspecified atom stereocenters. The third-order valence-corrected chi connectivity index (χ3v) is 6.58. The minimum atomic E-state index is -0.866. The molecule has 1 N–H and O–H groups in total. The molecule has 0 radical (unpaired) electrons. The van der Waals surface area contributed by atoms with Gasteiger partial charge in [0.05, 0.1) is 11.4 Å². The molecular formula is C27H17F2NO4S. The number of halogens is 2. The molecule has 0 aliphatic carbocycles. The van der Waals surface area contributed by atoms with Gasteiger partial charge in [0.25, 0.3) is 5.56 Å². The molecule has 0 saturated carbocycles. The number of benzene rings is 3. The molecule has 5 nitrogen and oxygen atoms in total. The van der Waals surface area contributed by atoms with Crippen LogP contribution in [0.5, 0.6) is 5.75 Å². The lowest BCUT2D eigenvalue weighted by molar-refractivity contribution is 0.445. The van der Waals surface area contributed by atoms with Crippen LogP contribution in [0.1, 0.15) is 5.56 Å². The summed E-state index contributed by atoms with van der Waals surface area (Å²) in [6, 6.07) is 19.9. The van der Waals surface area contributed by atoms with Crippen molar-refractivity contribution < 1.29 is 18.3 Å². The summed E-state index contributed by atoms with van der Waals surface area (Å²) in [5.41, 5.74) is 0.0308. The van der Waals surface area contributed by atoms with E-state index in [9.17, 15) is 23.5 Å². The van der Waals surface area contributed by atoms with Gasteiger partial charge in [-0.1, -0.05) is 54.2 Å². The van der Waals surface area contributed by atoms with Gasteiger partial charge in [0, 0.05) is 10.5 Å². The third kappa shape index (κ3) is 4.02. The van der Waals surface area contributed by atoms with Gasteiger partial charge in [0.15, 0.2) is 11.3 Å². The van der Waals surface area contributed by atoms with E-state index in [0.29, 0.717) is 21.7 Å². The van der Waals surface area contributed by atoms with Gasteiger partial charge in [0.2, 0.25) is 0 Å². The number of nitrogens with zero attached hydrogens (tertiary/aromatic N) is 1. The summed E-state index contributed by atoms with van der Waals surface area (Å²) in [7, 11) is 0. The van der Waals surface area contributed by atoms with E-state index in [1.54, 1.807) is 43.3 Å². The zero-order valence-corrected chi connectivity index (χ0v) is 19.1. The summed E-state index contributed by atoms with van der Waals surface area (Å²) >= 11 is 0.785. The summed E-state index contributed by atoms with van der Waals surface area (Å²) < 4.78 is 34.6. The average Bonchev–Trinajstić information content (AvgIpc) is 2.84. The van der Waals surface area contributed by atoms with Gasteiger partial charge in [-0.25, -0.2) is 13.6 Å². The van der Waals surface area contributed by atoms with Gasteiger partial charge >= 0.3 is 5.63 Å². The molecule has 0 bridgehead atoms. The minimum Gasteiger partial charge on any atom is -0.505 e. The lowest BCUT2D eigenvalue weighted by atomic mass is 10.0. The number of rotatable bonds is 4. The van der Waals surface area contributed by atoms with Crippen LogP contribution in [0.15, 0.2) is 103 Å². The number of fused-ring (bicyclic) bond motifs is 1. The SMILES string of the molecule is Cc1c(-c2ccccc2)n(-c2cccc(F)c2)c(=O)c2c(O)c(Sc3cccc(F)c3)c(=O)oc12. The van der Waals surface area contributed by atoms with Crippen molar-refractivity contribution in [2.45, 2.75) is 16.7 Å². The van der Waals surface area contributed by atoms with Crippen molar-refractivity contribution in [3.05, 3.63) is 117 Å². The molecule has 2 aromatic heterocycles. The Morgan fingerprint density at radius 3 is 2.26 bits per heavy atom. The molecule has 5 rings (SSSR count). The topological polar surface area (TPSA) is 72.4 Å². The molecule has 2 heterocycles. The number of hydrogen-bond acceptors (Lipinski definition) is 5. The summed E-state index contributed by atoms with van der Waals surface area (Å²) in [5, 5.41) is 10.9. The van der Waals surface area contributed by atoms with E-state index >= 15 is 0 Å². The second kappa shape index (κ2) is 8.88. The normalized spacial score (nSPS) is 11.2. The average molecular weight is 489 g/mol. The molecule has 3 aromatic carbocycles. The van der Waals surface area contributed by atoms with Gasteiger partial charge in [-0.05, 0) is 48.9 Å². The van der Waals surface area contributed by atoms with E-state index in [0.717, 1.165) is 11.8 Å². The van der Waals surface area contributed by atoms with Gasteiger partial charge in [-0.3, -0.25) is 9.36 Å². The predicted molar refractivity (Wildman–Crippen MR) is 130 cm³/mol. The van der Waals surface area contributed by atoms with Gasteiger partial charge in [-0.15, -0.1) is 0 Å². The molecule has 35 heavy (non-hydrogen) atoms. The van der Waals surface area contributed by atoms with Gasteiger partial charge < -0.3 is 9.52 Å². The molecule has 0 atom stereocenters. The highest BCUT2D eigenvalue weighted by molar-refractivity contribution is 7.99. The summed E-state index contributed by atoms with van der Waals surface area (Å²) in [5.74, 6) is -1.64. The first kappa shape index (κ1) is 22.6. The van der Waals surface area contributed by atoms with E-state index in [1.807, 2.05) is 6.07 Å². The number of hydrogen-bond donors (Lipinski definition) is 1. The van der Waals surface area contributed by atoms with Crippen molar-refractivity contribution in [3.8, 4) is 22.7 Å². The Morgan fingerprint density at radius 2 is 1.57 bits per heavy atom. The Hall–Kier alpha value is -4.17. The number of aryl methyl sites for hydroxylation is 1. The van der Waals surface area contributed by atoms with Crippen molar-refractivity contribution in [3.63, 3.8) is 0 Å². The van der Waals surface area contributed by atoms with Crippen molar-refractivity contribution >= 4 is 22.7 Å². The smallest absolute Gasteiger partial charge is 0.354 e. The predicted octanol–water partition coefficient (Wildman–Crippen LogP) is 6.05. The molecule has 0 saturated heterocycles. The van der Waals surface area contributed by atoms with Crippen LogP contribution in [-0.2, 0) is 0 Å². The van der Waals surface area contributed by atoms with E-state index in [2.05, 4.69) is 0 Å². The largest absolute Gasteiger partial charge is 0.505 e. The minimum absolute atomic E-state index is 0.0763. The van der Waals surface area contributed by atoms with Crippen molar-refractivity contribution in [2.75, 3.05) is 0 Å². The molecule has 0 spiro atoms. The second-order valence-electron chi connectivity index (χ2n) is 7.79. The Labute approximate surface area is 201 Å². The fourth-order valence-corrected chi connectivity index (χ4v) is 4.88. The van der Waals surface area contributed by atoms with Crippen molar-refractivity contribution in [2.24, 2.45) is 0 Å². The van der Waals surface area contributed by atoms with Crippen molar-refractivity contribution in [1.82, 2.24) is 4.57 Å². The molecule has 0 fully saturated rings. The first-order chi connectivity index (χ1) is 16.8. The molecule has 5 aromatic rings. The van der Waals surface area contributed by atoms with E-state index in [-0.39, 0.29) is 21.6 Å². The van der Waals surface area contributed by atoms with Crippen LogP contribution in [0.2, 0.25) is 0 Å². The number of pyridine rings is 1. The first-order valence-corrected chi connectivity index (χ1v) is 11.4. The summed E-state index contributed by atoms with van der Waals surface area (Å²) in [6.07, 6.45) is 0. The molecule has 8 heteroatoms. The van der Waals surface area contributed by atoms with Crippen molar-refractivity contribution in [1.29, 1.82) is 0 Å². The number of aromatic hydroxyl groups is 1. The second-order valence-corrected chi connectivity index (χ2v) is 8.87. The van der Waals surface area contributed by atoms with Crippen LogP contribution in [-0.4, -0.2) is 9.67 Å². The quantitative estimate of drug-likeness (QED) is 0.333. The monoisotopic (exact) mass is 489 g/mol. The van der Waals surface area contributed by atoms with E-state index in [1.165, 1.54) is 41.0 Å². The maximum absolute atomic E-state index is 14.1. The highest BCUT2D eigenvalue weighted by atomic mass is 32.2. The fraction of sp³-hybridized carbons (Fsp3) is 0.0370. The lowest BCUT2D eigenvalue weighted by Crippen LogP contribution is -2.23. The fourth-order valence-electron chi connectivity index (χ4n) is 4.00. The third-order valence-electron chi connectivity index (χ3n) is 5.53. The maximum atomic E-state index is 14.1. The molecule has 0 aliphatic rings. The van der Waals surface area contributed by atoms with Crippen LogP contribution in [0.4, 0.5) is 8.78 Å². The van der Waals surface area contributed by atoms with Crippen LogP contribution >= 0.6 is 11.8 Å². The Kier molecular flexibility index (Phi) is 5.74. The molecular weight excluding hydrogens is 472 g/mol. The van der Waals surface area contributed by atoms with Crippen LogP contribution in [0, 0.1) is 18.6 Å². The lowest BCUT2D eigenvalue weighted by Gasteiger charge is -2.18. The molecule has 174 valence electrons. The van der Waals surface area contributed by atoms with E-state index < -0.39 is 28.6 Å². The zero-order chi connectivity index (χ0) is 24.7. The summed E-state index contributed by atoms with van der Waals surface area (Å²) in [6.45, 7) is 1.65. The highest BCUT2D eigenvalue weighted by Crippen LogP contribution is 2.38. The zero-order valence-electron chi connectivity index (χ0n) is 18.3. The summed E-state index contributed by atoms with van der Waals surface area (Å²) in [4.78, 5) is 26.8. The molecule has 0 aliphatic heterocycles.